The van der Waals surface area contributed by atoms with Crippen molar-refractivity contribution < 1.29 is 19.1 Å². The van der Waals surface area contributed by atoms with Gasteiger partial charge in [0.2, 0.25) is 0 Å². The van der Waals surface area contributed by atoms with Crippen LogP contribution in [0, 0.1) is 0 Å². The molecule has 0 aromatic heterocycles. The molecule has 0 N–H and O–H groups in total. The third kappa shape index (κ3) is 4.71. The minimum absolute atomic E-state index is 0.185. The standard InChI is InChI=1S/C8H14O4/c1-5(2)11-8(10)6(3)12-7(4)9/h5-6H,1-4H3/t6-/m1/s1. The van der Waals surface area contributed by atoms with Crippen molar-refractivity contribution in [2.75, 3.05) is 0 Å². The Morgan fingerprint density at radius 1 is 1.08 bits per heavy atom. The van der Waals surface area contributed by atoms with Crippen molar-refractivity contribution in [1.82, 2.24) is 0 Å². The molecule has 0 amide bonds. The Kier molecular flexibility index (Phi) is 4.33. The van der Waals surface area contributed by atoms with Crippen molar-refractivity contribution in [3.63, 3.8) is 0 Å². The number of hydrogen-bond donors (Lipinski definition) is 0. The lowest BCUT2D eigenvalue weighted by Gasteiger charge is -2.13. The molecule has 0 aliphatic heterocycles. The molecule has 0 spiro atoms. The largest absolute Gasteiger partial charge is 0.460 e. The molecule has 0 unspecified atom stereocenters. The molecule has 0 aliphatic carbocycles. The molecule has 0 aliphatic rings. The molecule has 1 atom stereocenters. The Balaban J connectivity index is 3.85. The lowest BCUT2D eigenvalue weighted by Crippen LogP contribution is -2.27. The summed E-state index contributed by atoms with van der Waals surface area (Å²) < 4.78 is 9.40. The normalized spacial score (nSPS) is 12.4. The second-order valence-electron chi connectivity index (χ2n) is 2.74. The second-order valence-corrected chi connectivity index (χ2v) is 2.74. The summed E-state index contributed by atoms with van der Waals surface area (Å²) in [4.78, 5) is 21.4. The van der Waals surface area contributed by atoms with Crippen LogP contribution in [-0.4, -0.2) is 24.1 Å². The molecule has 0 saturated heterocycles. The molecule has 0 aromatic rings. The van der Waals surface area contributed by atoms with Crippen LogP contribution in [0.3, 0.4) is 0 Å². The van der Waals surface area contributed by atoms with Crippen molar-refractivity contribution in [3.05, 3.63) is 0 Å². The molecule has 4 heteroatoms. The summed E-state index contributed by atoms with van der Waals surface area (Å²) in [5.41, 5.74) is 0. The summed E-state index contributed by atoms with van der Waals surface area (Å²) in [6.07, 6.45) is -1.000. The maximum Gasteiger partial charge on any atom is 0.347 e. The van der Waals surface area contributed by atoms with Gasteiger partial charge < -0.3 is 9.47 Å². The molecule has 0 fully saturated rings. The fourth-order valence-corrected chi connectivity index (χ4v) is 0.625. The van der Waals surface area contributed by atoms with E-state index in [2.05, 4.69) is 4.74 Å². The van der Waals surface area contributed by atoms with Gasteiger partial charge in [0.25, 0.3) is 0 Å². The maximum atomic E-state index is 11.0. The molecule has 0 aromatic carbocycles. The van der Waals surface area contributed by atoms with E-state index < -0.39 is 18.0 Å². The zero-order valence-corrected chi connectivity index (χ0v) is 7.79. The smallest absolute Gasteiger partial charge is 0.347 e. The SMILES string of the molecule is CC(=O)O[C@H](C)C(=O)OC(C)C. The van der Waals surface area contributed by atoms with Gasteiger partial charge in [-0.2, -0.15) is 0 Å². The quantitative estimate of drug-likeness (QED) is 0.596. The fraction of sp³-hybridized carbons (Fsp3) is 0.750. The predicted octanol–water partition coefficient (Wildman–Crippen LogP) is 0.890. The number of carbonyl (C=O) groups excluding carboxylic acids is 2. The van der Waals surface area contributed by atoms with Gasteiger partial charge in [-0.25, -0.2) is 4.79 Å². The average molecular weight is 174 g/mol. The molecule has 0 rings (SSSR count). The monoisotopic (exact) mass is 174 g/mol. The summed E-state index contributed by atoms with van der Waals surface area (Å²) in [5, 5.41) is 0. The summed E-state index contributed by atoms with van der Waals surface area (Å²) >= 11 is 0. The number of carbonyl (C=O) groups is 2. The highest BCUT2D eigenvalue weighted by molar-refractivity contribution is 5.78. The van der Waals surface area contributed by atoms with E-state index >= 15 is 0 Å². The van der Waals surface area contributed by atoms with Gasteiger partial charge in [-0.15, -0.1) is 0 Å². The first-order valence-corrected chi connectivity index (χ1v) is 3.81. The van der Waals surface area contributed by atoms with E-state index in [0.717, 1.165) is 0 Å². The first-order chi connectivity index (χ1) is 5.43. The maximum absolute atomic E-state index is 11.0. The molecule has 0 bridgehead atoms. The van der Waals surface area contributed by atoms with Crippen molar-refractivity contribution >= 4 is 11.9 Å². The highest BCUT2D eigenvalue weighted by atomic mass is 16.6. The molecule has 12 heavy (non-hydrogen) atoms. The van der Waals surface area contributed by atoms with Gasteiger partial charge in [-0.3, -0.25) is 4.79 Å². The zero-order valence-electron chi connectivity index (χ0n) is 7.79. The molecular weight excluding hydrogens is 160 g/mol. The molecule has 0 heterocycles. The van der Waals surface area contributed by atoms with E-state index in [4.69, 9.17) is 4.74 Å². The Bertz CT molecular complexity index is 174. The molecule has 70 valence electrons. The van der Waals surface area contributed by atoms with Gasteiger partial charge in [-0.05, 0) is 20.8 Å². The van der Waals surface area contributed by atoms with Gasteiger partial charge in [0, 0.05) is 6.92 Å². The minimum atomic E-state index is -0.815. The first-order valence-electron chi connectivity index (χ1n) is 3.81. The Morgan fingerprint density at radius 2 is 1.58 bits per heavy atom. The Labute approximate surface area is 71.8 Å². The van der Waals surface area contributed by atoms with Crippen molar-refractivity contribution in [3.8, 4) is 0 Å². The molecule has 0 saturated carbocycles. The zero-order chi connectivity index (χ0) is 9.72. The lowest BCUT2D eigenvalue weighted by molar-refractivity contribution is -0.167. The van der Waals surface area contributed by atoms with Gasteiger partial charge >= 0.3 is 11.9 Å². The van der Waals surface area contributed by atoms with Gasteiger partial charge in [0.15, 0.2) is 6.10 Å². The topological polar surface area (TPSA) is 52.6 Å². The summed E-state index contributed by atoms with van der Waals surface area (Å²) in [6, 6.07) is 0. The van der Waals surface area contributed by atoms with Crippen LogP contribution in [0.5, 0.6) is 0 Å². The van der Waals surface area contributed by atoms with Gasteiger partial charge in [-0.1, -0.05) is 0 Å². The lowest BCUT2D eigenvalue weighted by atomic mass is 10.4. The van der Waals surface area contributed by atoms with Crippen LogP contribution in [0.25, 0.3) is 0 Å². The highest BCUT2D eigenvalue weighted by Gasteiger charge is 2.17. The Hall–Kier alpha value is -1.06. The predicted molar refractivity (Wildman–Crippen MR) is 42.5 cm³/mol. The van der Waals surface area contributed by atoms with Crippen LogP contribution in [-0.2, 0) is 19.1 Å². The highest BCUT2D eigenvalue weighted by Crippen LogP contribution is 1.98. The second kappa shape index (κ2) is 4.74. The third-order valence-electron chi connectivity index (χ3n) is 1.03. The molecule has 4 nitrogen and oxygen atoms in total. The Morgan fingerprint density at radius 3 is 1.92 bits per heavy atom. The van der Waals surface area contributed by atoms with Crippen LogP contribution in [0.15, 0.2) is 0 Å². The van der Waals surface area contributed by atoms with Gasteiger partial charge in [0.1, 0.15) is 0 Å². The number of esters is 2. The van der Waals surface area contributed by atoms with Crippen LogP contribution in [0.4, 0.5) is 0 Å². The van der Waals surface area contributed by atoms with Gasteiger partial charge in [0.05, 0.1) is 6.10 Å². The van der Waals surface area contributed by atoms with Crippen LogP contribution < -0.4 is 0 Å². The molecular formula is C8H14O4. The third-order valence-corrected chi connectivity index (χ3v) is 1.03. The summed E-state index contributed by atoms with van der Waals surface area (Å²) in [5.74, 6) is -0.997. The van der Waals surface area contributed by atoms with E-state index in [1.807, 2.05) is 0 Å². The number of rotatable bonds is 3. The summed E-state index contributed by atoms with van der Waals surface area (Å²) in [7, 11) is 0. The van der Waals surface area contributed by atoms with Crippen LogP contribution in [0.2, 0.25) is 0 Å². The summed E-state index contributed by atoms with van der Waals surface area (Å²) in [6.45, 7) is 6.20. The fourth-order valence-electron chi connectivity index (χ4n) is 0.625. The van der Waals surface area contributed by atoms with E-state index in [9.17, 15) is 9.59 Å². The van der Waals surface area contributed by atoms with E-state index in [-0.39, 0.29) is 6.10 Å². The van der Waals surface area contributed by atoms with Crippen LogP contribution >= 0.6 is 0 Å². The first kappa shape index (κ1) is 10.9. The number of ether oxygens (including phenoxy) is 2. The average Bonchev–Trinajstić information content (AvgIpc) is 1.84. The van der Waals surface area contributed by atoms with Crippen molar-refractivity contribution in [2.24, 2.45) is 0 Å². The number of hydrogen-bond acceptors (Lipinski definition) is 4. The molecule has 0 radical (unpaired) electrons. The minimum Gasteiger partial charge on any atom is -0.460 e. The van der Waals surface area contributed by atoms with E-state index in [0.29, 0.717) is 0 Å². The van der Waals surface area contributed by atoms with Crippen LogP contribution in [0.1, 0.15) is 27.7 Å². The van der Waals surface area contributed by atoms with Crippen molar-refractivity contribution in [1.29, 1.82) is 0 Å². The van der Waals surface area contributed by atoms with E-state index in [1.54, 1.807) is 13.8 Å². The van der Waals surface area contributed by atoms with E-state index in [1.165, 1.54) is 13.8 Å². The van der Waals surface area contributed by atoms with Crippen molar-refractivity contribution in [2.45, 2.75) is 39.9 Å².